The first-order valence-electron chi connectivity index (χ1n) is 16.3. The number of nitrogens with one attached hydrogen (secondary N) is 5. The third-order valence-electron chi connectivity index (χ3n) is 8.00. The molecule has 5 rings (SSSR count). The lowest BCUT2D eigenvalue weighted by molar-refractivity contribution is -0.154. The summed E-state index contributed by atoms with van der Waals surface area (Å²) in [6.45, 7) is 1.88. The number of halogens is 4. The lowest BCUT2D eigenvalue weighted by Crippen LogP contribution is -2.44. The number of carbonyl (C=O) groups is 4. The molecule has 0 saturated heterocycles. The number of alkyl halides is 3. The standard InChI is InChI=1S/C36H34ClF3N8O6/c1-3-21-4-12-25(13-5-21)42-30(51)29(50)41-19-16-27(31(52)53-2)44-28(49)22-6-14-26(15-7-22)43-32-45-33(47-34(46-32)54-20-36(38,39)40)48-35(17-18-35)23-8-10-24(37)11-9-23/h3-15,27H,1,16-20H2,2H3,(H,41,50)(H,42,51)(H,44,49)(H2,43,45,46,47,48)/t27-/m0/s1. The van der Waals surface area contributed by atoms with Gasteiger partial charge < -0.3 is 36.1 Å². The maximum absolute atomic E-state index is 13.1. The highest BCUT2D eigenvalue weighted by molar-refractivity contribution is 6.39. The Morgan fingerprint density at radius 2 is 1.56 bits per heavy atom. The Labute approximate surface area is 311 Å². The van der Waals surface area contributed by atoms with Crippen LogP contribution in [0.4, 0.5) is 36.4 Å². The van der Waals surface area contributed by atoms with Gasteiger partial charge in [-0.1, -0.05) is 48.5 Å². The number of ether oxygens (including phenoxy) is 2. The van der Waals surface area contributed by atoms with Crippen LogP contribution in [0.5, 0.6) is 6.01 Å². The number of amides is 3. The van der Waals surface area contributed by atoms with E-state index in [1.165, 1.54) is 24.3 Å². The van der Waals surface area contributed by atoms with Crippen LogP contribution in [0.25, 0.3) is 6.08 Å². The Hall–Kier alpha value is -6.23. The molecule has 0 radical (unpaired) electrons. The molecule has 0 aliphatic heterocycles. The van der Waals surface area contributed by atoms with E-state index >= 15 is 0 Å². The van der Waals surface area contributed by atoms with Gasteiger partial charge in [0.2, 0.25) is 11.9 Å². The fourth-order valence-electron chi connectivity index (χ4n) is 5.04. The van der Waals surface area contributed by atoms with E-state index < -0.39 is 54.1 Å². The van der Waals surface area contributed by atoms with Crippen LogP contribution in [0.2, 0.25) is 5.02 Å². The van der Waals surface area contributed by atoms with Crippen LogP contribution in [-0.2, 0) is 24.7 Å². The number of nitrogens with zero attached hydrogens (tertiary/aromatic N) is 3. The molecule has 1 aliphatic rings. The molecular formula is C36H34ClF3N8O6. The molecule has 54 heavy (non-hydrogen) atoms. The molecule has 3 aromatic carbocycles. The second kappa shape index (κ2) is 17.1. The first-order valence-corrected chi connectivity index (χ1v) is 16.7. The van der Waals surface area contributed by atoms with Gasteiger partial charge in [0.15, 0.2) is 6.61 Å². The number of hydrogen-bond donors (Lipinski definition) is 5. The van der Waals surface area contributed by atoms with Gasteiger partial charge >= 0.3 is 30.0 Å². The Morgan fingerprint density at radius 1 is 0.907 bits per heavy atom. The molecule has 5 N–H and O–H groups in total. The number of benzene rings is 3. The number of hydrogen-bond acceptors (Lipinski definition) is 11. The average molecular weight is 767 g/mol. The summed E-state index contributed by atoms with van der Waals surface area (Å²) in [5.74, 6) is -3.48. The maximum atomic E-state index is 13.1. The molecule has 1 saturated carbocycles. The van der Waals surface area contributed by atoms with Crippen LogP contribution in [0.15, 0.2) is 79.4 Å². The molecule has 0 spiro atoms. The van der Waals surface area contributed by atoms with Crippen LogP contribution < -0.4 is 31.3 Å². The topological polar surface area (TPSA) is 186 Å². The molecule has 0 unspecified atom stereocenters. The van der Waals surface area contributed by atoms with Crippen LogP contribution in [-0.4, -0.2) is 71.1 Å². The number of aromatic nitrogens is 3. The predicted molar refractivity (Wildman–Crippen MR) is 193 cm³/mol. The minimum Gasteiger partial charge on any atom is -0.467 e. The van der Waals surface area contributed by atoms with Gasteiger partial charge in [0, 0.05) is 28.5 Å². The van der Waals surface area contributed by atoms with Crippen LogP contribution >= 0.6 is 11.6 Å². The Morgan fingerprint density at radius 3 is 2.17 bits per heavy atom. The normalized spacial score (nSPS) is 13.4. The van der Waals surface area contributed by atoms with Crippen molar-refractivity contribution in [3.8, 4) is 6.01 Å². The fourth-order valence-corrected chi connectivity index (χ4v) is 5.17. The summed E-state index contributed by atoms with van der Waals surface area (Å²) < 4.78 is 48.5. The summed E-state index contributed by atoms with van der Waals surface area (Å²) in [6, 6.07) is 17.8. The molecule has 1 aliphatic carbocycles. The fraction of sp³-hybridized carbons (Fsp3) is 0.250. The summed E-state index contributed by atoms with van der Waals surface area (Å²) in [7, 11) is 1.13. The molecule has 0 bridgehead atoms. The minimum atomic E-state index is -4.64. The van der Waals surface area contributed by atoms with E-state index in [1.807, 2.05) is 12.1 Å². The third-order valence-corrected chi connectivity index (χ3v) is 8.25. The average Bonchev–Trinajstić information content (AvgIpc) is 3.93. The van der Waals surface area contributed by atoms with E-state index in [4.69, 9.17) is 21.1 Å². The summed E-state index contributed by atoms with van der Waals surface area (Å²) in [5.41, 5.74) is 2.05. The second-order valence-electron chi connectivity index (χ2n) is 12.0. The number of rotatable bonds is 15. The van der Waals surface area contributed by atoms with Crippen molar-refractivity contribution in [2.45, 2.75) is 37.0 Å². The molecule has 1 fully saturated rings. The van der Waals surface area contributed by atoms with Gasteiger partial charge in [-0.15, -0.1) is 0 Å². The van der Waals surface area contributed by atoms with E-state index in [9.17, 15) is 32.3 Å². The molecule has 282 valence electrons. The Balaban J connectivity index is 1.20. The van der Waals surface area contributed by atoms with E-state index in [0.717, 1.165) is 18.2 Å². The van der Waals surface area contributed by atoms with Gasteiger partial charge in [0.1, 0.15) is 6.04 Å². The molecule has 18 heteroatoms. The summed E-state index contributed by atoms with van der Waals surface area (Å²) in [5, 5.41) is 14.0. The zero-order valence-electron chi connectivity index (χ0n) is 28.6. The smallest absolute Gasteiger partial charge is 0.422 e. The highest BCUT2D eigenvalue weighted by Gasteiger charge is 2.45. The van der Waals surface area contributed by atoms with Gasteiger partial charge in [-0.2, -0.15) is 28.1 Å². The van der Waals surface area contributed by atoms with Crippen molar-refractivity contribution in [2.24, 2.45) is 0 Å². The highest BCUT2D eigenvalue weighted by atomic mass is 35.5. The Bertz CT molecular complexity index is 1990. The number of methoxy groups -OCH3 is 1. The third kappa shape index (κ3) is 10.9. The minimum absolute atomic E-state index is 0.0302. The van der Waals surface area contributed by atoms with E-state index in [0.29, 0.717) is 29.2 Å². The monoisotopic (exact) mass is 766 g/mol. The van der Waals surface area contributed by atoms with Crippen molar-refractivity contribution in [3.05, 3.63) is 101 Å². The van der Waals surface area contributed by atoms with Gasteiger partial charge in [-0.3, -0.25) is 14.4 Å². The van der Waals surface area contributed by atoms with Gasteiger partial charge in [-0.05, 0) is 78.9 Å². The van der Waals surface area contributed by atoms with Crippen LogP contribution in [0.3, 0.4) is 0 Å². The molecule has 14 nitrogen and oxygen atoms in total. The molecule has 1 heterocycles. The van der Waals surface area contributed by atoms with E-state index in [-0.39, 0.29) is 30.4 Å². The SMILES string of the molecule is C=Cc1ccc(NC(=O)C(=O)NCC[C@H](NC(=O)c2ccc(Nc3nc(NC4(c5ccc(Cl)cc5)CC4)nc(OCC(F)(F)F)n3)cc2)C(=O)OC)cc1. The van der Waals surface area contributed by atoms with Crippen molar-refractivity contribution in [1.82, 2.24) is 25.6 Å². The number of anilines is 4. The van der Waals surface area contributed by atoms with E-state index in [2.05, 4.69) is 48.1 Å². The maximum Gasteiger partial charge on any atom is 0.422 e. The van der Waals surface area contributed by atoms with E-state index in [1.54, 1.807) is 42.5 Å². The lowest BCUT2D eigenvalue weighted by Gasteiger charge is -2.19. The molecule has 1 atom stereocenters. The molecular weight excluding hydrogens is 733 g/mol. The first kappa shape index (κ1) is 39.0. The van der Waals surface area contributed by atoms with Gasteiger partial charge in [0.05, 0.1) is 12.6 Å². The second-order valence-corrected chi connectivity index (χ2v) is 12.4. The summed E-state index contributed by atoms with van der Waals surface area (Å²) in [6.07, 6.45) is -1.69. The van der Waals surface area contributed by atoms with Crippen molar-refractivity contribution >= 4 is 64.6 Å². The summed E-state index contributed by atoms with van der Waals surface area (Å²) in [4.78, 5) is 62.4. The zero-order chi connectivity index (χ0) is 38.9. The van der Waals surface area contributed by atoms with Crippen molar-refractivity contribution in [3.63, 3.8) is 0 Å². The number of carbonyl (C=O) groups excluding carboxylic acids is 4. The summed E-state index contributed by atoms with van der Waals surface area (Å²) >= 11 is 6.03. The van der Waals surface area contributed by atoms with Gasteiger partial charge in [0.25, 0.3) is 5.91 Å². The van der Waals surface area contributed by atoms with Crippen molar-refractivity contribution in [2.75, 3.05) is 36.2 Å². The first-order chi connectivity index (χ1) is 25.8. The van der Waals surface area contributed by atoms with Gasteiger partial charge in [-0.25, -0.2) is 4.79 Å². The molecule has 4 aromatic rings. The molecule has 3 amide bonds. The zero-order valence-corrected chi connectivity index (χ0v) is 29.4. The van der Waals surface area contributed by atoms with Crippen molar-refractivity contribution in [1.29, 1.82) is 0 Å². The highest BCUT2D eigenvalue weighted by Crippen LogP contribution is 2.48. The predicted octanol–water partition coefficient (Wildman–Crippen LogP) is 5.37. The lowest BCUT2D eigenvalue weighted by atomic mass is 10.1. The van der Waals surface area contributed by atoms with Crippen LogP contribution in [0, 0.1) is 0 Å². The largest absolute Gasteiger partial charge is 0.467 e. The number of esters is 1. The molecule has 1 aromatic heterocycles. The quantitative estimate of drug-likeness (QED) is 0.0774. The Kier molecular flexibility index (Phi) is 12.3. The van der Waals surface area contributed by atoms with Crippen LogP contribution in [0.1, 0.15) is 40.7 Å². The van der Waals surface area contributed by atoms with Crippen molar-refractivity contribution < 1.29 is 41.8 Å².